The van der Waals surface area contributed by atoms with Crippen LogP contribution in [0, 0.1) is 28.6 Å². The molecule has 5 aliphatic rings. The fraction of sp³-hybridized carbons (Fsp3) is 0.833. The highest BCUT2D eigenvalue weighted by Crippen LogP contribution is 2.71. The minimum Gasteiger partial charge on any atom is -0.469 e. The van der Waals surface area contributed by atoms with Gasteiger partial charge in [0, 0.05) is 49.8 Å². The molecule has 3 aliphatic carbocycles. The smallest absolute Gasteiger partial charge is 0.309 e. The molecule has 0 unspecified atom stereocenters. The van der Waals surface area contributed by atoms with E-state index in [9.17, 15) is 9.59 Å². The van der Waals surface area contributed by atoms with Crippen LogP contribution in [0.15, 0.2) is 11.1 Å². The van der Waals surface area contributed by atoms with Crippen molar-refractivity contribution in [2.45, 2.75) is 57.7 Å². The topological polar surface area (TPSA) is 65.1 Å². The van der Waals surface area contributed by atoms with Gasteiger partial charge in [-0.15, -0.1) is 0 Å². The molecule has 2 aliphatic heterocycles. The molecule has 2 bridgehead atoms. The lowest BCUT2D eigenvalue weighted by Gasteiger charge is -2.62. The van der Waals surface area contributed by atoms with E-state index in [4.69, 9.17) is 14.2 Å². The van der Waals surface area contributed by atoms with Gasteiger partial charge in [-0.2, -0.15) is 0 Å². The van der Waals surface area contributed by atoms with Crippen LogP contribution in [-0.2, 0) is 23.8 Å². The monoisotopic (exact) mass is 417 g/mol. The molecule has 6 nitrogen and oxygen atoms in total. The van der Waals surface area contributed by atoms with E-state index >= 15 is 0 Å². The van der Waals surface area contributed by atoms with Crippen molar-refractivity contribution in [2.24, 2.45) is 28.6 Å². The largest absolute Gasteiger partial charge is 0.469 e. The number of hydrogen-bond donors (Lipinski definition) is 0. The molecule has 1 saturated carbocycles. The van der Waals surface area contributed by atoms with Crippen molar-refractivity contribution < 1.29 is 23.8 Å². The number of hydrogen-bond acceptors (Lipinski definition) is 6. The van der Waals surface area contributed by atoms with E-state index in [1.165, 1.54) is 12.7 Å². The molecule has 6 atom stereocenters. The molecule has 2 heterocycles. The Labute approximate surface area is 179 Å². The molecule has 166 valence electrons. The molecular weight excluding hydrogens is 382 g/mol. The molecule has 30 heavy (non-hydrogen) atoms. The zero-order chi connectivity index (χ0) is 21.3. The van der Waals surface area contributed by atoms with Gasteiger partial charge in [0.1, 0.15) is 0 Å². The zero-order valence-corrected chi connectivity index (χ0v) is 18.8. The van der Waals surface area contributed by atoms with Gasteiger partial charge in [0.05, 0.1) is 19.6 Å². The minimum atomic E-state index is -0.503. The number of nitrogens with zero attached hydrogens (tertiary/aromatic N) is 1. The van der Waals surface area contributed by atoms with Crippen LogP contribution in [0.5, 0.6) is 0 Å². The minimum absolute atomic E-state index is 0.0161. The molecule has 0 N–H and O–H groups in total. The summed E-state index contributed by atoms with van der Waals surface area (Å²) in [5, 5.41) is 0. The highest BCUT2D eigenvalue weighted by molar-refractivity contribution is 6.01. The van der Waals surface area contributed by atoms with E-state index in [0.717, 1.165) is 57.2 Å². The van der Waals surface area contributed by atoms with E-state index in [2.05, 4.69) is 18.9 Å². The predicted octanol–water partition coefficient (Wildman–Crippen LogP) is 2.96. The molecule has 2 saturated heterocycles. The number of methoxy groups -OCH3 is 2. The summed E-state index contributed by atoms with van der Waals surface area (Å²) in [4.78, 5) is 28.3. The molecule has 0 amide bonds. The lowest BCUT2D eigenvalue weighted by atomic mass is 9.50. The van der Waals surface area contributed by atoms with Crippen molar-refractivity contribution in [1.82, 2.24) is 4.90 Å². The number of allylic oxidation sites excluding steroid dienone is 1. The fourth-order valence-corrected chi connectivity index (χ4v) is 8.12. The number of carbonyl (C=O) groups excluding carboxylic acids is 2. The van der Waals surface area contributed by atoms with E-state index in [-0.39, 0.29) is 34.4 Å². The van der Waals surface area contributed by atoms with Crippen LogP contribution in [0.2, 0.25) is 0 Å². The summed E-state index contributed by atoms with van der Waals surface area (Å²) >= 11 is 0. The Kier molecular flexibility index (Phi) is 4.73. The van der Waals surface area contributed by atoms with Crippen LogP contribution >= 0.6 is 0 Å². The Bertz CT molecular complexity index is 789. The highest BCUT2D eigenvalue weighted by Gasteiger charge is 2.70. The van der Waals surface area contributed by atoms with E-state index in [0.29, 0.717) is 18.9 Å². The number of Topliss-reactive ketones (excluding diaryl/α,β-unsaturated/α-hetero) is 1. The maximum Gasteiger partial charge on any atom is 0.309 e. The van der Waals surface area contributed by atoms with Crippen molar-refractivity contribution in [3.8, 4) is 0 Å². The Morgan fingerprint density at radius 3 is 2.73 bits per heavy atom. The Morgan fingerprint density at radius 1 is 1.30 bits per heavy atom. The number of ether oxygens (including phenoxy) is 3. The van der Waals surface area contributed by atoms with Crippen molar-refractivity contribution >= 4 is 11.8 Å². The standard InChI is InChI=1S/C24H35NO5/c1-5-24(29-4)9-8-22(14-30-24)15-6-7-16-19(26)10-17-18(21(27)28-3)11-23(22,20(16)17)13-25(2)12-15/h15,17-18H,5-14H2,1-4H3/t15-,17+,18-,22+,23-,24+/m1/s1. The summed E-state index contributed by atoms with van der Waals surface area (Å²) in [7, 11) is 5.42. The number of piperidine rings is 1. The first kappa shape index (κ1) is 20.7. The first-order valence-corrected chi connectivity index (χ1v) is 11.6. The van der Waals surface area contributed by atoms with Gasteiger partial charge in [0.15, 0.2) is 11.6 Å². The summed E-state index contributed by atoms with van der Waals surface area (Å²) in [5.41, 5.74) is 2.13. The third-order valence-electron chi connectivity index (χ3n) is 9.52. The van der Waals surface area contributed by atoms with Crippen molar-refractivity contribution in [3.05, 3.63) is 11.1 Å². The number of rotatable bonds is 3. The van der Waals surface area contributed by atoms with E-state index in [1.54, 1.807) is 7.11 Å². The lowest BCUT2D eigenvalue weighted by Crippen LogP contribution is -2.64. The predicted molar refractivity (Wildman–Crippen MR) is 111 cm³/mol. The maximum absolute atomic E-state index is 13.1. The Hall–Kier alpha value is -1.24. The molecule has 6 heteroatoms. The first-order chi connectivity index (χ1) is 14.4. The van der Waals surface area contributed by atoms with Crippen LogP contribution in [0.4, 0.5) is 0 Å². The number of esters is 1. The van der Waals surface area contributed by atoms with Gasteiger partial charge < -0.3 is 19.1 Å². The summed E-state index contributed by atoms with van der Waals surface area (Å²) < 4.78 is 17.6. The molecule has 0 aromatic carbocycles. The third kappa shape index (κ3) is 2.47. The number of likely N-dealkylation sites (tertiary alicyclic amines) is 1. The SMILES string of the molecule is CC[C@@]1(OC)CC[C@]2(CO1)[C@@H]1CCC3=C4[C@@H](CC3=O)[C@H](C(=O)OC)C[C@@]42CN(C)C1. The highest BCUT2D eigenvalue weighted by atomic mass is 16.7. The zero-order valence-electron chi connectivity index (χ0n) is 18.8. The van der Waals surface area contributed by atoms with Crippen molar-refractivity contribution in [2.75, 3.05) is 41.0 Å². The van der Waals surface area contributed by atoms with Crippen LogP contribution in [0.3, 0.4) is 0 Å². The van der Waals surface area contributed by atoms with Crippen LogP contribution in [0.1, 0.15) is 51.9 Å². The normalized spacial score (nSPS) is 45.6. The molecule has 5 rings (SSSR count). The van der Waals surface area contributed by atoms with Gasteiger partial charge in [0.25, 0.3) is 0 Å². The average Bonchev–Trinajstić information content (AvgIpc) is 3.23. The molecule has 0 aromatic heterocycles. The van der Waals surface area contributed by atoms with Crippen LogP contribution < -0.4 is 0 Å². The average molecular weight is 418 g/mol. The molecule has 0 aromatic rings. The van der Waals surface area contributed by atoms with Gasteiger partial charge in [-0.3, -0.25) is 9.59 Å². The maximum atomic E-state index is 13.1. The summed E-state index contributed by atoms with van der Waals surface area (Å²) in [6.07, 6.45) is 5.87. The van der Waals surface area contributed by atoms with Crippen molar-refractivity contribution in [3.63, 3.8) is 0 Å². The molecule has 0 radical (unpaired) electrons. The van der Waals surface area contributed by atoms with Crippen LogP contribution in [0.25, 0.3) is 0 Å². The van der Waals surface area contributed by atoms with E-state index in [1.807, 2.05) is 0 Å². The molecule has 3 fully saturated rings. The molecular formula is C24H35NO5. The summed E-state index contributed by atoms with van der Waals surface area (Å²) in [6.45, 7) is 4.70. The quantitative estimate of drug-likeness (QED) is 0.658. The lowest BCUT2D eigenvalue weighted by molar-refractivity contribution is -0.294. The summed E-state index contributed by atoms with van der Waals surface area (Å²) in [5.74, 6) is -0.128. The Balaban J connectivity index is 1.65. The van der Waals surface area contributed by atoms with Gasteiger partial charge in [0.2, 0.25) is 0 Å². The second kappa shape index (κ2) is 6.88. The summed E-state index contributed by atoms with van der Waals surface area (Å²) in [6, 6.07) is 0. The Morgan fingerprint density at radius 2 is 2.10 bits per heavy atom. The number of carbonyl (C=O) groups is 2. The van der Waals surface area contributed by atoms with Gasteiger partial charge in [-0.05, 0) is 50.6 Å². The van der Waals surface area contributed by atoms with Crippen LogP contribution in [-0.4, -0.2) is 63.4 Å². The van der Waals surface area contributed by atoms with Gasteiger partial charge in [-0.1, -0.05) is 12.5 Å². The molecule has 2 spiro atoms. The van der Waals surface area contributed by atoms with Gasteiger partial charge >= 0.3 is 5.97 Å². The third-order valence-corrected chi connectivity index (χ3v) is 9.52. The van der Waals surface area contributed by atoms with Gasteiger partial charge in [-0.25, -0.2) is 0 Å². The van der Waals surface area contributed by atoms with Crippen molar-refractivity contribution in [1.29, 1.82) is 0 Å². The second-order valence-electron chi connectivity index (χ2n) is 10.4. The first-order valence-electron chi connectivity index (χ1n) is 11.6. The fourth-order valence-electron chi connectivity index (χ4n) is 8.12. The van der Waals surface area contributed by atoms with E-state index < -0.39 is 5.79 Å². The second-order valence-corrected chi connectivity index (χ2v) is 10.4. The number of ketones is 1.